The van der Waals surface area contributed by atoms with E-state index in [-0.39, 0.29) is 12.5 Å². The molecule has 0 bridgehead atoms. The van der Waals surface area contributed by atoms with Gasteiger partial charge >= 0.3 is 0 Å². The van der Waals surface area contributed by atoms with Crippen LogP contribution in [0.3, 0.4) is 0 Å². The third kappa shape index (κ3) is 2.88. The molecule has 0 saturated heterocycles. The highest BCUT2D eigenvalue weighted by Crippen LogP contribution is 2.34. The highest BCUT2D eigenvalue weighted by Gasteiger charge is 2.27. The molecule has 23 heavy (non-hydrogen) atoms. The van der Waals surface area contributed by atoms with Gasteiger partial charge in [-0.05, 0) is 35.7 Å². The van der Waals surface area contributed by atoms with Gasteiger partial charge in [0.1, 0.15) is 18.4 Å². The van der Waals surface area contributed by atoms with Crippen molar-refractivity contribution in [1.29, 1.82) is 0 Å². The molecule has 0 fully saturated rings. The monoisotopic (exact) mass is 317 g/mol. The molecule has 0 spiro atoms. The Labute approximate surface area is 133 Å². The van der Waals surface area contributed by atoms with Crippen molar-refractivity contribution >= 4 is 11.6 Å². The molecule has 3 N–H and O–H groups in total. The SMILES string of the molecule is CNCCn1nnnc1-c1ccc2c(c1)N(C)C(=O)[C@@H](N)CO2. The summed E-state index contributed by atoms with van der Waals surface area (Å²) in [7, 11) is 3.55. The third-order valence-electron chi connectivity index (χ3n) is 3.75. The summed E-state index contributed by atoms with van der Waals surface area (Å²) >= 11 is 0. The standard InChI is InChI=1S/C14H19N7O2/c1-16-5-6-21-13(17-18-19-21)9-3-4-12-11(7-9)20(2)14(22)10(15)8-23-12/h3-4,7,10,16H,5-6,8,15H2,1-2H3/t10-/m0/s1. The summed E-state index contributed by atoms with van der Waals surface area (Å²) in [6.07, 6.45) is 0. The summed E-state index contributed by atoms with van der Waals surface area (Å²) in [6, 6.07) is 4.85. The molecule has 3 rings (SSSR count). The molecule has 2 heterocycles. The van der Waals surface area contributed by atoms with Crippen LogP contribution in [0.2, 0.25) is 0 Å². The summed E-state index contributed by atoms with van der Waals surface area (Å²) in [6.45, 7) is 1.56. The van der Waals surface area contributed by atoms with Crippen molar-refractivity contribution < 1.29 is 9.53 Å². The fraction of sp³-hybridized carbons (Fsp3) is 0.429. The fourth-order valence-corrected chi connectivity index (χ4v) is 2.44. The van der Waals surface area contributed by atoms with Gasteiger partial charge in [-0.1, -0.05) is 0 Å². The van der Waals surface area contributed by atoms with Crippen molar-refractivity contribution in [2.24, 2.45) is 5.73 Å². The van der Waals surface area contributed by atoms with E-state index in [1.54, 1.807) is 11.7 Å². The molecule has 122 valence electrons. The summed E-state index contributed by atoms with van der Waals surface area (Å²) in [5, 5.41) is 14.9. The molecule has 1 atom stereocenters. The predicted octanol–water partition coefficient (Wildman–Crippen LogP) is -0.758. The van der Waals surface area contributed by atoms with Crippen molar-refractivity contribution in [2.45, 2.75) is 12.6 Å². The Morgan fingerprint density at radius 2 is 2.30 bits per heavy atom. The topological polar surface area (TPSA) is 111 Å². The zero-order valence-corrected chi connectivity index (χ0v) is 13.1. The highest BCUT2D eigenvalue weighted by molar-refractivity contribution is 5.99. The predicted molar refractivity (Wildman–Crippen MR) is 84.1 cm³/mol. The number of carbonyl (C=O) groups excluding carboxylic acids is 1. The molecule has 1 aliphatic heterocycles. The quantitative estimate of drug-likeness (QED) is 0.762. The number of carbonyl (C=O) groups is 1. The van der Waals surface area contributed by atoms with E-state index in [2.05, 4.69) is 20.8 Å². The number of nitrogens with zero attached hydrogens (tertiary/aromatic N) is 5. The van der Waals surface area contributed by atoms with Crippen molar-refractivity contribution in [3.05, 3.63) is 18.2 Å². The maximum atomic E-state index is 12.2. The van der Waals surface area contributed by atoms with E-state index in [0.717, 1.165) is 12.1 Å². The second-order valence-electron chi connectivity index (χ2n) is 5.33. The number of anilines is 1. The number of likely N-dealkylation sites (N-methyl/N-ethyl adjacent to an activating group) is 2. The van der Waals surface area contributed by atoms with Crippen molar-refractivity contribution in [3.63, 3.8) is 0 Å². The summed E-state index contributed by atoms with van der Waals surface area (Å²) in [5.74, 6) is 1.07. The Hall–Kier alpha value is -2.52. The Kier molecular flexibility index (Phi) is 4.22. The van der Waals surface area contributed by atoms with Crippen LogP contribution in [0.5, 0.6) is 5.75 Å². The molecule has 1 aromatic heterocycles. The first-order chi connectivity index (χ1) is 11.1. The van der Waals surface area contributed by atoms with Crippen molar-refractivity contribution in [3.8, 4) is 17.1 Å². The van der Waals surface area contributed by atoms with Gasteiger partial charge in [0.05, 0.1) is 12.2 Å². The number of nitrogens with two attached hydrogens (primary N) is 1. The molecule has 9 nitrogen and oxygen atoms in total. The molecule has 0 saturated carbocycles. The number of benzene rings is 1. The molecule has 0 aliphatic carbocycles. The van der Waals surface area contributed by atoms with Crippen LogP contribution in [-0.2, 0) is 11.3 Å². The van der Waals surface area contributed by atoms with Crippen LogP contribution in [-0.4, -0.2) is 59.4 Å². The van der Waals surface area contributed by atoms with Gasteiger partial charge in [0, 0.05) is 19.2 Å². The van der Waals surface area contributed by atoms with Crippen LogP contribution in [0.1, 0.15) is 0 Å². The summed E-state index contributed by atoms with van der Waals surface area (Å²) < 4.78 is 7.32. The van der Waals surface area contributed by atoms with Crippen molar-refractivity contribution in [2.75, 3.05) is 32.1 Å². The highest BCUT2D eigenvalue weighted by atomic mass is 16.5. The Balaban J connectivity index is 1.98. The lowest BCUT2D eigenvalue weighted by Crippen LogP contribution is -2.43. The first-order valence-corrected chi connectivity index (χ1v) is 7.33. The normalized spacial score (nSPS) is 17.6. The van der Waals surface area contributed by atoms with E-state index in [1.807, 2.05) is 25.2 Å². The Bertz CT molecular complexity index is 715. The van der Waals surface area contributed by atoms with Gasteiger partial charge in [0.15, 0.2) is 5.82 Å². The van der Waals surface area contributed by atoms with Crippen LogP contribution in [0.4, 0.5) is 5.69 Å². The minimum Gasteiger partial charge on any atom is -0.489 e. The first-order valence-electron chi connectivity index (χ1n) is 7.33. The molecule has 1 aliphatic rings. The van der Waals surface area contributed by atoms with Crippen LogP contribution < -0.4 is 20.7 Å². The smallest absolute Gasteiger partial charge is 0.247 e. The Morgan fingerprint density at radius 3 is 3.09 bits per heavy atom. The van der Waals surface area contributed by atoms with E-state index in [1.165, 1.54) is 4.90 Å². The largest absolute Gasteiger partial charge is 0.489 e. The van der Waals surface area contributed by atoms with Crippen LogP contribution in [0.25, 0.3) is 11.4 Å². The van der Waals surface area contributed by atoms with E-state index in [0.29, 0.717) is 23.8 Å². The van der Waals surface area contributed by atoms with Gasteiger partial charge in [-0.25, -0.2) is 4.68 Å². The van der Waals surface area contributed by atoms with Crippen LogP contribution in [0, 0.1) is 0 Å². The Morgan fingerprint density at radius 1 is 1.48 bits per heavy atom. The van der Waals surface area contributed by atoms with Gasteiger partial charge < -0.3 is 20.7 Å². The maximum absolute atomic E-state index is 12.2. The average Bonchev–Trinajstić information content (AvgIpc) is 3.01. The number of aromatic nitrogens is 4. The first kappa shape index (κ1) is 15.4. The molecule has 0 unspecified atom stereocenters. The number of hydrogen-bond donors (Lipinski definition) is 2. The second-order valence-corrected chi connectivity index (χ2v) is 5.33. The third-order valence-corrected chi connectivity index (χ3v) is 3.75. The number of hydrogen-bond acceptors (Lipinski definition) is 7. The van der Waals surface area contributed by atoms with Gasteiger partial charge in [0.2, 0.25) is 5.91 Å². The summed E-state index contributed by atoms with van der Waals surface area (Å²) in [4.78, 5) is 13.7. The zero-order valence-electron chi connectivity index (χ0n) is 13.1. The molecule has 1 aromatic carbocycles. The van der Waals surface area contributed by atoms with E-state index >= 15 is 0 Å². The molecule has 1 amide bonds. The van der Waals surface area contributed by atoms with E-state index < -0.39 is 6.04 Å². The average molecular weight is 317 g/mol. The van der Waals surface area contributed by atoms with E-state index in [4.69, 9.17) is 10.5 Å². The van der Waals surface area contributed by atoms with Crippen LogP contribution in [0.15, 0.2) is 18.2 Å². The number of amides is 1. The molecular formula is C14H19N7O2. The summed E-state index contributed by atoms with van der Waals surface area (Å²) in [5.41, 5.74) is 7.27. The minimum atomic E-state index is -0.670. The number of rotatable bonds is 4. The molecule has 9 heteroatoms. The lowest BCUT2D eigenvalue weighted by atomic mass is 10.1. The number of nitrogens with one attached hydrogen (secondary N) is 1. The molecular weight excluding hydrogens is 298 g/mol. The van der Waals surface area contributed by atoms with Crippen LogP contribution >= 0.6 is 0 Å². The number of tetrazole rings is 1. The lowest BCUT2D eigenvalue weighted by Gasteiger charge is -2.18. The lowest BCUT2D eigenvalue weighted by molar-refractivity contribution is -0.119. The van der Waals surface area contributed by atoms with Gasteiger partial charge in [-0.2, -0.15) is 0 Å². The molecule has 2 aromatic rings. The minimum absolute atomic E-state index is 0.162. The van der Waals surface area contributed by atoms with Gasteiger partial charge in [-0.15, -0.1) is 5.10 Å². The maximum Gasteiger partial charge on any atom is 0.247 e. The van der Waals surface area contributed by atoms with Gasteiger partial charge in [0.25, 0.3) is 0 Å². The number of fused-ring (bicyclic) bond motifs is 1. The zero-order chi connectivity index (χ0) is 16.4. The fourth-order valence-electron chi connectivity index (χ4n) is 2.44. The second kappa shape index (κ2) is 6.31. The molecule has 0 radical (unpaired) electrons. The van der Waals surface area contributed by atoms with Crippen molar-refractivity contribution in [1.82, 2.24) is 25.5 Å². The number of ether oxygens (including phenoxy) is 1. The van der Waals surface area contributed by atoms with Gasteiger partial charge in [-0.3, -0.25) is 4.79 Å². The van der Waals surface area contributed by atoms with E-state index in [9.17, 15) is 4.79 Å².